The number of carboxylic acids is 1. The van der Waals surface area contributed by atoms with Gasteiger partial charge in [-0.15, -0.1) is 0 Å². The highest BCUT2D eigenvalue weighted by Crippen LogP contribution is 2.28. The number of aliphatic hydroxyl groups excluding tert-OH is 1. The first-order chi connectivity index (χ1) is 9.36. The summed E-state index contributed by atoms with van der Waals surface area (Å²) >= 11 is 0. The second kappa shape index (κ2) is 7.47. The molecule has 0 aromatic rings. The van der Waals surface area contributed by atoms with Crippen molar-refractivity contribution in [3.63, 3.8) is 0 Å². The molecule has 1 rings (SSSR count). The Morgan fingerprint density at radius 3 is 2.25 bits per heavy atom. The van der Waals surface area contributed by atoms with Crippen LogP contribution in [-0.4, -0.2) is 52.3 Å². The van der Waals surface area contributed by atoms with E-state index in [1.165, 1.54) is 13.3 Å². The van der Waals surface area contributed by atoms with Crippen LogP contribution in [0.4, 0.5) is 4.79 Å². The summed E-state index contributed by atoms with van der Waals surface area (Å²) in [5.74, 6) is -0.483. The fraction of sp³-hybridized carbons (Fsp3) is 0.857. The van der Waals surface area contributed by atoms with E-state index in [2.05, 4.69) is 12.2 Å². The maximum atomic E-state index is 12.1. The molecule has 1 fully saturated rings. The first-order valence-corrected chi connectivity index (χ1v) is 7.31. The molecular formula is C14H26N2O4. The normalized spacial score (nSPS) is 25.6. The summed E-state index contributed by atoms with van der Waals surface area (Å²) in [5.41, 5.74) is 0. The lowest BCUT2D eigenvalue weighted by Crippen LogP contribution is -2.53. The van der Waals surface area contributed by atoms with Crippen LogP contribution in [0.1, 0.15) is 46.0 Å². The Morgan fingerprint density at radius 1 is 1.30 bits per heavy atom. The standard InChI is InChI=1S/C14H26N2O4/c1-4-10-5-7-11(8-6-10)16(3)14(20)15-12(9(2)17)13(18)19/h9-12,17H,4-8H2,1-3H3,(H,15,20)(H,18,19). The van der Waals surface area contributed by atoms with Crippen molar-refractivity contribution in [2.24, 2.45) is 5.92 Å². The first-order valence-electron chi connectivity index (χ1n) is 7.31. The Morgan fingerprint density at radius 2 is 1.85 bits per heavy atom. The Bertz CT molecular complexity index is 338. The monoisotopic (exact) mass is 286 g/mol. The fourth-order valence-electron chi connectivity index (χ4n) is 2.73. The van der Waals surface area contributed by atoms with Gasteiger partial charge in [0.15, 0.2) is 6.04 Å². The number of aliphatic carboxylic acids is 1. The van der Waals surface area contributed by atoms with Crippen molar-refractivity contribution in [2.45, 2.75) is 64.1 Å². The third-order valence-electron chi connectivity index (χ3n) is 4.29. The average molecular weight is 286 g/mol. The van der Waals surface area contributed by atoms with E-state index in [1.807, 2.05) is 0 Å². The zero-order valence-electron chi connectivity index (χ0n) is 12.5. The number of carbonyl (C=O) groups is 2. The van der Waals surface area contributed by atoms with Gasteiger partial charge < -0.3 is 20.4 Å². The minimum Gasteiger partial charge on any atom is -0.480 e. The van der Waals surface area contributed by atoms with Crippen molar-refractivity contribution >= 4 is 12.0 Å². The molecule has 0 radical (unpaired) electrons. The molecule has 2 unspecified atom stereocenters. The van der Waals surface area contributed by atoms with E-state index in [0.29, 0.717) is 0 Å². The summed E-state index contributed by atoms with van der Waals surface area (Å²) in [5, 5.41) is 20.7. The fourth-order valence-corrected chi connectivity index (χ4v) is 2.73. The third-order valence-corrected chi connectivity index (χ3v) is 4.29. The van der Waals surface area contributed by atoms with Gasteiger partial charge in [0, 0.05) is 13.1 Å². The minimum atomic E-state index is -1.27. The van der Waals surface area contributed by atoms with Gasteiger partial charge in [-0.2, -0.15) is 0 Å². The molecule has 0 saturated heterocycles. The minimum absolute atomic E-state index is 0.154. The molecule has 116 valence electrons. The Kier molecular flexibility index (Phi) is 6.26. The molecule has 0 heterocycles. The van der Waals surface area contributed by atoms with Crippen molar-refractivity contribution in [2.75, 3.05) is 7.05 Å². The van der Waals surface area contributed by atoms with Crippen LogP contribution in [-0.2, 0) is 4.79 Å². The van der Waals surface area contributed by atoms with Crippen molar-refractivity contribution in [1.82, 2.24) is 10.2 Å². The Hall–Kier alpha value is -1.30. The first kappa shape index (κ1) is 16.8. The van der Waals surface area contributed by atoms with Gasteiger partial charge in [0.1, 0.15) is 0 Å². The molecule has 0 bridgehead atoms. The molecule has 1 aliphatic rings. The van der Waals surface area contributed by atoms with Crippen molar-refractivity contribution < 1.29 is 19.8 Å². The van der Waals surface area contributed by atoms with Crippen LogP contribution in [0.2, 0.25) is 0 Å². The molecule has 1 aliphatic carbocycles. The van der Waals surface area contributed by atoms with Crippen molar-refractivity contribution in [1.29, 1.82) is 0 Å². The van der Waals surface area contributed by atoms with Gasteiger partial charge in [-0.3, -0.25) is 0 Å². The van der Waals surface area contributed by atoms with Crippen LogP contribution in [0, 0.1) is 5.92 Å². The van der Waals surface area contributed by atoms with Gasteiger partial charge >= 0.3 is 12.0 Å². The lowest BCUT2D eigenvalue weighted by Gasteiger charge is -2.35. The zero-order chi connectivity index (χ0) is 15.3. The molecule has 2 amide bonds. The molecule has 0 aromatic heterocycles. The number of nitrogens with zero attached hydrogens (tertiary/aromatic N) is 1. The third kappa shape index (κ3) is 4.37. The molecule has 6 nitrogen and oxygen atoms in total. The van der Waals surface area contributed by atoms with E-state index in [9.17, 15) is 14.7 Å². The Labute approximate surface area is 120 Å². The van der Waals surface area contributed by atoms with Gasteiger partial charge in [0.25, 0.3) is 0 Å². The molecule has 0 aromatic carbocycles. The predicted octanol–water partition coefficient (Wildman–Crippen LogP) is 1.43. The van der Waals surface area contributed by atoms with Gasteiger partial charge in [-0.25, -0.2) is 9.59 Å². The highest BCUT2D eigenvalue weighted by Gasteiger charge is 2.30. The number of aliphatic hydroxyl groups is 1. The summed E-state index contributed by atoms with van der Waals surface area (Å²) < 4.78 is 0. The molecule has 0 aliphatic heterocycles. The number of carbonyl (C=O) groups excluding carboxylic acids is 1. The van der Waals surface area contributed by atoms with Crippen LogP contribution in [0.15, 0.2) is 0 Å². The summed E-state index contributed by atoms with van der Waals surface area (Å²) in [6.07, 6.45) is 4.17. The summed E-state index contributed by atoms with van der Waals surface area (Å²) in [4.78, 5) is 24.6. The number of hydrogen-bond acceptors (Lipinski definition) is 3. The van der Waals surface area contributed by atoms with Crippen molar-refractivity contribution in [3.05, 3.63) is 0 Å². The van der Waals surface area contributed by atoms with Gasteiger partial charge in [0.2, 0.25) is 0 Å². The van der Waals surface area contributed by atoms with Crippen LogP contribution in [0.25, 0.3) is 0 Å². The maximum Gasteiger partial charge on any atom is 0.328 e. The Balaban J connectivity index is 2.52. The van der Waals surface area contributed by atoms with E-state index in [4.69, 9.17) is 5.11 Å². The van der Waals surface area contributed by atoms with Gasteiger partial charge in [-0.05, 0) is 38.5 Å². The zero-order valence-corrected chi connectivity index (χ0v) is 12.5. The number of rotatable bonds is 5. The van der Waals surface area contributed by atoms with Gasteiger partial charge in [-0.1, -0.05) is 13.3 Å². The maximum absolute atomic E-state index is 12.1. The lowest BCUT2D eigenvalue weighted by molar-refractivity contribution is -0.141. The van der Waals surface area contributed by atoms with E-state index < -0.39 is 24.1 Å². The SMILES string of the molecule is CCC1CCC(N(C)C(=O)NC(C(=O)O)C(C)O)CC1. The molecule has 20 heavy (non-hydrogen) atoms. The van der Waals surface area contributed by atoms with Crippen molar-refractivity contribution in [3.8, 4) is 0 Å². The van der Waals surface area contributed by atoms with Crippen LogP contribution in [0.5, 0.6) is 0 Å². The topological polar surface area (TPSA) is 89.9 Å². The van der Waals surface area contributed by atoms with E-state index >= 15 is 0 Å². The number of amides is 2. The quantitative estimate of drug-likeness (QED) is 0.713. The molecule has 6 heteroatoms. The average Bonchev–Trinajstić information content (AvgIpc) is 2.43. The summed E-state index contributed by atoms with van der Waals surface area (Å²) in [7, 11) is 1.69. The predicted molar refractivity (Wildman–Crippen MR) is 75.4 cm³/mol. The summed E-state index contributed by atoms with van der Waals surface area (Å²) in [6.45, 7) is 3.53. The van der Waals surface area contributed by atoms with Gasteiger partial charge in [0.05, 0.1) is 6.10 Å². The van der Waals surface area contributed by atoms with E-state index in [1.54, 1.807) is 11.9 Å². The number of nitrogens with one attached hydrogen (secondary N) is 1. The largest absolute Gasteiger partial charge is 0.480 e. The molecular weight excluding hydrogens is 260 g/mol. The number of hydrogen-bond donors (Lipinski definition) is 3. The highest BCUT2D eigenvalue weighted by atomic mass is 16.4. The second-order valence-corrected chi connectivity index (χ2v) is 5.70. The van der Waals surface area contributed by atoms with Crippen LogP contribution >= 0.6 is 0 Å². The molecule has 1 saturated carbocycles. The lowest BCUT2D eigenvalue weighted by atomic mass is 9.84. The molecule has 3 N–H and O–H groups in total. The van der Waals surface area contributed by atoms with Crippen LogP contribution in [0.3, 0.4) is 0 Å². The van der Waals surface area contributed by atoms with E-state index in [0.717, 1.165) is 31.6 Å². The molecule has 0 spiro atoms. The highest BCUT2D eigenvalue weighted by molar-refractivity contribution is 5.83. The number of urea groups is 1. The number of carboxylic acid groups (broad SMARTS) is 1. The van der Waals surface area contributed by atoms with Crippen LogP contribution < -0.4 is 5.32 Å². The smallest absolute Gasteiger partial charge is 0.328 e. The molecule has 2 atom stereocenters. The summed E-state index contributed by atoms with van der Waals surface area (Å²) in [6, 6.07) is -1.54. The van der Waals surface area contributed by atoms with E-state index in [-0.39, 0.29) is 6.04 Å². The second-order valence-electron chi connectivity index (χ2n) is 5.70.